The van der Waals surface area contributed by atoms with Crippen LogP contribution < -0.4 is 20.3 Å². The molecule has 3 aromatic carbocycles. The van der Waals surface area contributed by atoms with Crippen molar-refractivity contribution in [2.24, 2.45) is 0 Å². The Morgan fingerprint density at radius 1 is 1.00 bits per heavy atom. The molecule has 1 N–H and O–H groups in total. The summed E-state index contributed by atoms with van der Waals surface area (Å²) in [4.78, 5) is 30.5. The number of ether oxygens (including phenoxy) is 2. The second-order valence-corrected chi connectivity index (χ2v) is 8.82. The summed E-state index contributed by atoms with van der Waals surface area (Å²) in [5.74, 6) is 1.35. The van der Waals surface area contributed by atoms with Gasteiger partial charge in [0.15, 0.2) is 22.8 Å². The zero-order valence-electron chi connectivity index (χ0n) is 18.3. The topological polar surface area (TPSA) is 82.5 Å². The van der Waals surface area contributed by atoms with Crippen LogP contribution in [-0.2, 0) is 17.9 Å². The second-order valence-electron chi connectivity index (χ2n) is 7.88. The van der Waals surface area contributed by atoms with Crippen LogP contribution in [0, 0.1) is 0 Å². The van der Waals surface area contributed by atoms with Gasteiger partial charge in [-0.25, -0.2) is 4.98 Å². The van der Waals surface area contributed by atoms with Crippen LogP contribution in [0.5, 0.6) is 11.5 Å². The van der Waals surface area contributed by atoms with E-state index in [0.717, 1.165) is 5.56 Å². The molecule has 1 aromatic heterocycles. The highest BCUT2D eigenvalue weighted by atomic mass is 32.2. The van der Waals surface area contributed by atoms with Gasteiger partial charge in [-0.3, -0.25) is 14.2 Å². The highest BCUT2D eigenvalue weighted by molar-refractivity contribution is 7.99. The van der Waals surface area contributed by atoms with Crippen LogP contribution in [0.15, 0.2) is 88.8 Å². The Morgan fingerprint density at radius 3 is 2.59 bits per heavy atom. The summed E-state index contributed by atoms with van der Waals surface area (Å²) < 4.78 is 13.5. The van der Waals surface area contributed by atoms with Crippen molar-refractivity contribution in [1.82, 2.24) is 14.9 Å². The molecular formula is C26H23N3O4S. The average Bonchev–Trinajstić information content (AvgIpc) is 2.88. The molecule has 0 aliphatic carbocycles. The number of carbonyl (C=O) groups is 1. The maximum atomic E-state index is 13.3. The average molecular weight is 474 g/mol. The summed E-state index contributed by atoms with van der Waals surface area (Å²) in [5, 5.41) is 3.91. The van der Waals surface area contributed by atoms with Crippen molar-refractivity contribution in [3.63, 3.8) is 0 Å². The van der Waals surface area contributed by atoms with Crippen LogP contribution >= 0.6 is 11.8 Å². The summed E-state index contributed by atoms with van der Waals surface area (Å²) in [6, 6.07) is 24.4. The molecular weight excluding hydrogens is 450 g/mol. The Balaban J connectivity index is 1.35. The molecule has 4 aromatic rings. The number of para-hydroxylation sites is 3. The van der Waals surface area contributed by atoms with E-state index >= 15 is 0 Å². The summed E-state index contributed by atoms with van der Waals surface area (Å²) in [5.41, 5.74) is 1.46. The number of aromatic nitrogens is 2. The quantitative estimate of drug-likeness (QED) is 0.326. The fourth-order valence-electron chi connectivity index (χ4n) is 3.75. The molecule has 7 nitrogen and oxygen atoms in total. The van der Waals surface area contributed by atoms with Gasteiger partial charge in [0.2, 0.25) is 5.91 Å². The first-order chi connectivity index (χ1) is 16.7. The third-order valence-electron chi connectivity index (χ3n) is 5.45. The van der Waals surface area contributed by atoms with Crippen LogP contribution in [0.1, 0.15) is 5.56 Å². The Hall–Kier alpha value is -3.78. The van der Waals surface area contributed by atoms with Crippen molar-refractivity contribution in [2.75, 3.05) is 12.4 Å². The number of rotatable bonds is 7. The minimum atomic E-state index is -0.359. The van der Waals surface area contributed by atoms with E-state index in [2.05, 4.69) is 10.3 Å². The predicted octanol–water partition coefficient (Wildman–Crippen LogP) is 3.65. The van der Waals surface area contributed by atoms with E-state index in [9.17, 15) is 9.59 Å². The molecule has 2 heterocycles. The zero-order valence-corrected chi connectivity index (χ0v) is 19.2. The maximum Gasteiger partial charge on any atom is 0.262 e. The smallest absolute Gasteiger partial charge is 0.262 e. The number of nitrogens with zero attached hydrogens (tertiary/aromatic N) is 2. The summed E-state index contributed by atoms with van der Waals surface area (Å²) >= 11 is 1.24. The molecule has 172 valence electrons. The zero-order chi connectivity index (χ0) is 23.3. The van der Waals surface area contributed by atoms with Crippen molar-refractivity contribution in [1.29, 1.82) is 0 Å². The number of nitrogens with one attached hydrogen (secondary N) is 1. The Morgan fingerprint density at radius 2 is 1.74 bits per heavy atom. The SMILES string of the molecule is O=C(CSc1nc2ccccc2c(=O)n1CC1COc2ccccc2O1)NCc1ccccc1. The van der Waals surface area contributed by atoms with Gasteiger partial charge in [0, 0.05) is 6.54 Å². The van der Waals surface area contributed by atoms with E-state index in [1.165, 1.54) is 11.8 Å². The Kier molecular flexibility index (Phi) is 6.49. The molecule has 0 bridgehead atoms. The van der Waals surface area contributed by atoms with E-state index in [-0.39, 0.29) is 29.9 Å². The lowest BCUT2D eigenvalue weighted by Gasteiger charge is -2.27. The number of thioether (sulfide) groups is 1. The van der Waals surface area contributed by atoms with Gasteiger partial charge in [0.25, 0.3) is 5.56 Å². The standard InChI is InChI=1S/C26H23N3O4S/c30-24(27-14-18-8-2-1-3-9-18)17-34-26-28-21-11-5-4-10-20(21)25(31)29(26)15-19-16-32-22-12-6-7-13-23(22)33-19/h1-13,19H,14-17H2,(H,27,30). The lowest BCUT2D eigenvalue weighted by atomic mass is 10.2. The first-order valence-electron chi connectivity index (χ1n) is 11.0. The lowest BCUT2D eigenvalue weighted by Crippen LogP contribution is -2.37. The normalized spacial score (nSPS) is 14.6. The minimum Gasteiger partial charge on any atom is -0.486 e. The van der Waals surface area contributed by atoms with E-state index in [1.807, 2.05) is 66.7 Å². The number of carbonyl (C=O) groups excluding carboxylic acids is 1. The van der Waals surface area contributed by atoms with Crippen LogP contribution in [-0.4, -0.2) is 33.9 Å². The molecule has 1 aliphatic rings. The van der Waals surface area contributed by atoms with Crippen LogP contribution in [0.3, 0.4) is 0 Å². The fourth-order valence-corrected chi connectivity index (χ4v) is 4.59. The number of hydrogen-bond acceptors (Lipinski definition) is 6. The molecule has 1 amide bonds. The predicted molar refractivity (Wildman–Crippen MR) is 131 cm³/mol. The largest absolute Gasteiger partial charge is 0.486 e. The lowest BCUT2D eigenvalue weighted by molar-refractivity contribution is -0.118. The summed E-state index contributed by atoms with van der Waals surface area (Å²) in [6.45, 7) is 1.03. The van der Waals surface area contributed by atoms with Gasteiger partial charge in [0.1, 0.15) is 6.61 Å². The van der Waals surface area contributed by atoms with Crippen molar-refractivity contribution < 1.29 is 14.3 Å². The molecule has 0 radical (unpaired) electrons. The number of fused-ring (bicyclic) bond motifs is 2. The van der Waals surface area contributed by atoms with Gasteiger partial charge in [0.05, 0.1) is 23.2 Å². The van der Waals surface area contributed by atoms with E-state index in [4.69, 9.17) is 9.47 Å². The molecule has 1 atom stereocenters. The van der Waals surface area contributed by atoms with Gasteiger partial charge in [-0.15, -0.1) is 0 Å². The van der Waals surface area contributed by atoms with E-state index in [0.29, 0.717) is 40.7 Å². The molecule has 0 saturated carbocycles. The number of benzene rings is 3. The summed E-state index contributed by atoms with van der Waals surface area (Å²) in [6.07, 6.45) is -0.359. The minimum absolute atomic E-state index is 0.131. The van der Waals surface area contributed by atoms with Crippen LogP contribution in [0.25, 0.3) is 10.9 Å². The van der Waals surface area contributed by atoms with Crippen molar-refractivity contribution >= 4 is 28.6 Å². The van der Waals surface area contributed by atoms with Crippen molar-refractivity contribution in [3.8, 4) is 11.5 Å². The number of amides is 1. The molecule has 0 spiro atoms. The first-order valence-corrected chi connectivity index (χ1v) is 12.0. The third-order valence-corrected chi connectivity index (χ3v) is 6.42. The highest BCUT2D eigenvalue weighted by Gasteiger charge is 2.24. The maximum absolute atomic E-state index is 13.3. The van der Waals surface area contributed by atoms with E-state index in [1.54, 1.807) is 16.7 Å². The van der Waals surface area contributed by atoms with Gasteiger partial charge in [-0.1, -0.05) is 66.4 Å². The third kappa shape index (κ3) is 4.92. The molecule has 8 heteroatoms. The molecule has 0 fully saturated rings. The second kappa shape index (κ2) is 10.0. The highest BCUT2D eigenvalue weighted by Crippen LogP contribution is 2.31. The van der Waals surface area contributed by atoms with E-state index < -0.39 is 0 Å². The van der Waals surface area contributed by atoms with Gasteiger partial charge in [-0.05, 0) is 29.8 Å². The van der Waals surface area contributed by atoms with Crippen molar-refractivity contribution in [2.45, 2.75) is 24.3 Å². The van der Waals surface area contributed by atoms with Crippen molar-refractivity contribution in [3.05, 3.63) is 94.8 Å². The Labute approximate surface area is 200 Å². The van der Waals surface area contributed by atoms with Gasteiger partial charge >= 0.3 is 0 Å². The van der Waals surface area contributed by atoms with Crippen LogP contribution in [0.4, 0.5) is 0 Å². The molecule has 34 heavy (non-hydrogen) atoms. The Bertz CT molecular complexity index is 1370. The molecule has 5 rings (SSSR count). The molecule has 0 saturated heterocycles. The number of hydrogen-bond donors (Lipinski definition) is 1. The first kappa shape index (κ1) is 22.0. The monoisotopic (exact) mass is 473 g/mol. The molecule has 1 unspecified atom stereocenters. The van der Waals surface area contributed by atoms with Crippen LogP contribution in [0.2, 0.25) is 0 Å². The van der Waals surface area contributed by atoms with Gasteiger partial charge in [-0.2, -0.15) is 0 Å². The summed E-state index contributed by atoms with van der Waals surface area (Å²) in [7, 11) is 0. The molecule has 1 aliphatic heterocycles. The van der Waals surface area contributed by atoms with Gasteiger partial charge < -0.3 is 14.8 Å². The fraction of sp³-hybridized carbons (Fsp3) is 0.192.